The molecule has 0 aliphatic carbocycles. The zero-order chi connectivity index (χ0) is 9.80. The second kappa shape index (κ2) is 4.59. The summed E-state index contributed by atoms with van der Waals surface area (Å²) in [5.74, 6) is 1.78. The van der Waals surface area contributed by atoms with Crippen LogP contribution in [0.1, 0.15) is 17.6 Å². The van der Waals surface area contributed by atoms with Gasteiger partial charge in [0.25, 0.3) is 0 Å². The van der Waals surface area contributed by atoms with Gasteiger partial charge in [-0.05, 0) is 12.1 Å². The number of ether oxygens (including phenoxy) is 2. The summed E-state index contributed by atoms with van der Waals surface area (Å²) in [6.07, 6.45) is 0. The van der Waals surface area contributed by atoms with E-state index in [9.17, 15) is 0 Å². The van der Waals surface area contributed by atoms with Gasteiger partial charge < -0.3 is 19.2 Å². The normalized spacial score (nSPS) is 22.5. The lowest BCUT2D eigenvalue weighted by molar-refractivity contribution is 0.0682. The van der Waals surface area contributed by atoms with E-state index in [2.05, 4.69) is 5.32 Å². The molecule has 2 rings (SSSR count). The maximum atomic E-state index is 5.60. The van der Waals surface area contributed by atoms with Crippen LogP contribution in [0.2, 0.25) is 0 Å². The molecular formula is C10H15NO3. The fourth-order valence-corrected chi connectivity index (χ4v) is 1.55. The molecule has 1 fully saturated rings. The fraction of sp³-hybridized carbons (Fsp3) is 0.600. The molecule has 1 aromatic heterocycles. The topological polar surface area (TPSA) is 43.6 Å². The van der Waals surface area contributed by atoms with Crippen molar-refractivity contribution in [3.8, 4) is 0 Å². The van der Waals surface area contributed by atoms with E-state index < -0.39 is 0 Å². The Morgan fingerprint density at radius 2 is 2.50 bits per heavy atom. The Morgan fingerprint density at radius 3 is 3.21 bits per heavy atom. The second-order valence-corrected chi connectivity index (χ2v) is 3.32. The van der Waals surface area contributed by atoms with Crippen LogP contribution < -0.4 is 5.32 Å². The van der Waals surface area contributed by atoms with Gasteiger partial charge in [-0.1, -0.05) is 0 Å². The molecule has 4 nitrogen and oxygen atoms in total. The minimum absolute atomic E-state index is 0.189. The molecule has 1 N–H and O–H groups in total. The highest BCUT2D eigenvalue weighted by Crippen LogP contribution is 2.18. The Morgan fingerprint density at radius 1 is 1.57 bits per heavy atom. The molecule has 0 aromatic carbocycles. The number of hydrogen-bond acceptors (Lipinski definition) is 4. The lowest BCUT2D eigenvalue weighted by atomic mass is 10.2. The average Bonchev–Trinajstić information content (AvgIpc) is 2.68. The number of furan rings is 1. The summed E-state index contributed by atoms with van der Waals surface area (Å²) in [5, 5.41) is 3.33. The van der Waals surface area contributed by atoms with Gasteiger partial charge in [0, 0.05) is 13.7 Å². The number of morpholine rings is 1. The van der Waals surface area contributed by atoms with Crippen LogP contribution in [-0.4, -0.2) is 26.9 Å². The molecule has 4 heteroatoms. The third kappa shape index (κ3) is 2.15. The first-order valence-electron chi connectivity index (χ1n) is 4.79. The van der Waals surface area contributed by atoms with Crippen LogP contribution in [0.3, 0.4) is 0 Å². The van der Waals surface area contributed by atoms with Crippen LogP contribution in [0.15, 0.2) is 16.5 Å². The first kappa shape index (κ1) is 9.71. The fourth-order valence-electron chi connectivity index (χ4n) is 1.55. The maximum Gasteiger partial charge on any atom is 0.129 e. The van der Waals surface area contributed by atoms with Crippen molar-refractivity contribution >= 4 is 0 Å². The highest BCUT2D eigenvalue weighted by atomic mass is 16.5. The van der Waals surface area contributed by atoms with Gasteiger partial charge in [-0.25, -0.2) is 0 Å². The SMILES string of the molecule is COCc1ccc([C@H]2COCCN2)o1. The van der Waals surface area contributed by atoms with E-state index in [-0.39, 0.29) is 6.04 Å². The zero-order valence-electron chi connectivity index (χ0n) is 8.29. The highest BCUT2D eigenvalue weighted by molar-refractivity contribution is 5.10. The highest BCUT2D eigenvalue weighted by Gasteiger charge is 2.18. The summed E-state index contributed by atoms with van der Waals surface area (Å²) in [7, 11) is 1.66. The van der Waals surface area contributed by atoms with Crippen molar-refractivity contribution in [2.75, 3.05) is 26.9 Å². The summed E-state index contributed by atoms with van der Waals surface area (Å²) in [6, 6.07) is 4.10. The Kier molecular flexibility index (Phi) is 3.18. The quantitative estimate of drug-likeness (QED) is 0.787. The lowest BCUT2D eigenvalue weighted by Gasteiger charge is -2.21. The van der Waals surface area contributed by atoms with Gasteiger partial charge in [-0.15, -0.1) is 0 Å². The Balaban J connectivity index is 2.00. The smallest absolute Gasteiger partial charge is 0.129 e. The van der Waals surface area contributed by atoms with E-state index in [1.54, 1.807) is 7.11 Å². The summed E-state index contributed by atoms with van der Waals surface area (Å²) in [6.45, 7) is 2.86. The molecule has 1 atom stereocenters. The van der Waals surface area contributed by atoms with Crippen molar-refractivity contribution in [1.29, 1.82) is 0 Å². The minimum atomic E-state index is 0.189. The van der Waals surface area contributed by atoms with E-state index in [1.165, 1.54) is 0 Å². The molecule has 1 aliphatic rings. The third-order valence-electron chi connectivity index (χ3n) is 2.23. The van der Waals surface area contributed by atoms with Gasteiger partial charge in [-0.2, -0.15) is 0 Å². The van der Waals surface area contributed by atoms with Crippen LogP contribution >= 0.6 is 0 Å². The van der Waals surface area contributed by atoms with Gasteiger partial charge in [-0.3, -0.25) is 0 Å². The monoisotopic (exact) mass is 197 g/mol. The molecule has 1 aromatic rings. The Hall–Kier alpha value is -0.840. The van der Waals surface area contributed by atoms with E-state index in [0.29, 0.717) is 13.2 Å². The Labute approximate surface area is 83.2 Å². The van der Waals surface area contributed by atoms with Crippen molar-refractivity contribution in [2.24, 2.45) is 0 Å². The van der Waals surface area contributed by atoms with Crippen molar-refractivity contribution in [3.63, 3.8) is 0 Å². The van der Waals surface area contributed by atoms with Crippen LogP contribution in [0.25, 0.3) is 0 Å². The number of rotatable bonds is 3. The van der Waals surface area contributed by atoms with Gasteiger partial charge in [0.05, 0.1) is 19.3 Å². The van der Waals surface area contributed by atoms with E-state index in [0.717, 1.165) is 24.7 Å². The minimum Gasteiger partial charge on any atom is -0.462 e. The molecule has 0 spiro atoms. The van der Waals surface area contributed by atoms with Crippen molar-refractivity contribution in [2.45, 2.75) is 12.6 Å². The third-order valence-corrected chi connectivity index (χ3v) is 2.23. The molecule has 2 heterocycles. The summed E-state index contributed by atoms with van der Waals surface area (Å²) in [5.41, 5.74) is 0. The van der Waals surface area contributed by atoms with E-state index in [4.69, 9.17) is 13.9 Å². The molecule has 0 unspecified atom stereocenters. The van der Waals surface area contributed by atoms with Crippen molar-refractivity contribution in [3.05, 3.63) is 23.7 Å². The van der Waals surface area contributed by atoms with Gasteiger partial charge in [0.2, 0.25) is 0 Å². The number of hydrogen-bond donors (Lipinski definition) is 1. The van der Waals surface area contributed by atoms with Gasteiger partial charge >= 0.3 is 0 Å². The zero-order valence-corrected chi connectivity index (χ0v) is 8.29. The van der Waals surface area contributed by atoms with Crippen molar-refractivity contribution in [1.82, 2.24) is 5.32 Å². The lowest BCUT2D eigenvalue weighted by Crippen LogP contribution is -2.34. The number of nitrogens with one attached hydrogen (secondary N) is 1. The number of methoxy groups -OCH3 is 1. The summed E-state index contributed by atoms with van der Waals surface area (Å²) < 4.78 is 15.9. The summed E-state index contributed by atoms with van der Waals surface area (Å²) >= 11 is 0. The maximum absolute atomic E-state index is 5.60. The standard InChI is InChI=1S/C10H15NO3/c1-12-6-8-2-3-10(14-8)9-7-13-5-4-11-9/h2-3,9,11H,4-7H2,1H3/t9-/m1/s1. The van der Waals surface area contributed by atoms with Crippen LogP contribution in [0, 0.1) is 0 Å². The molecular weight excluding hydrogens is 182 g/mol. The predicted molar refractivity (Wildman–Crippen MR) is 51.0 cm³/mol. The Bertz CT molecular complexity index is 279. The first-order chi connectivity index (χ1) is 6.90. The molecule has 0 saturated carbocycles. The average molecular weight is 197 g/mol. The van der Waals surface area contributed by atoms with Crippen molar-refractivity contribution < 1.29 is 13.9 Å². The molecule has 1 saturated heterocycles. The van der Waals surface area contributed by atoms with Crippen LogP contribution in [-0.2, 0) is 16.1 Å². The second-order valence-electron chi connectivity index (χ2n) is 3.32. The summed E-state index contributed by atoms with van der Waals surface area (Å²) in [4.78, 5) is 0. The molecule has 0 amide bonds. The van der Waals surface area contributed by atoms with E-state index >= 15 is 0 Å². The van der Waals surface area contributed by atoms with E-state index in [1.807, 2.05) is 12.1 Å². The molecule has 14 heavy (non-hydrogen) atoms. The van der Waals surface area contributed by atoms with Crippen LogP contribution in [0.5, 0.6) is 0 Å². The molecule has 1 aliphatic heterocycles. The molecule has 0 bridgehead atoms. The molecule has 78 valence electrons. The predicted octanol–water partition coefficient (Wildman–Crippen LogP) is 1.09. The largest absolute Gasteiger partial charge is 0.462 e. The van der Waals surface area contributed by atoms with Gasteiger partial charge in [0.1, 0.15) is 18.1 Å². The molecule has 0 radical (unpaired) electrons. The van der Waals surface area contributed by atoms with Gasteiger partial charge in [0.15, 0.2) is 0 Å². The van der Waals surface area contributed by atoms with Crippen LogP contribution in [0.4, 0.5) is 0 Å². The first-order valence-corrected chi connectivity index (χ1v) is 4.79.